The van der Waals surface area contributed by atoms with Crippen molar-refractivity contribution in [1.29, 1.82) is 0 Å². The molecular formula is C10H9F3N2O4S. The van der Waals surface area contributed by atoms with Gasteiger partial charge in [-0.15, -0.1) is 0 Å². The van der Waals surface area contributed by atoms with E-state index in [-0.39, 0.29) is 24.6 Å². The van der Waals surface area contributed by atoms with E-state index in [9.17, 15) is 26.4 Å². The molecule has 110 valence electrons. The number of anilines is 1. The quantitative estimate of drug-likeness (QED) is 0.823. The number of sulfonamides is 1. The van der Waals surface area contributed by atoms with Crippen LogP contribution < -0.4 is 14.8 Å². The van der Waals surface area contributed by atoms with Crippen molar-refractivity contribution in [3.8, 4) is 5.75 Å². The third-order valence-corrected chi connectivity index (χ3v) is 3.52. The number of ether oxygens (including phenoxy) is 1. The van der Waals surface area contributed by atoms with Crippen LogP contribution in [0.5, 0.6) is 5.75 Å². The number of alkyl halides is 3. The summed E-state index contributed by atoms with van der Waals surface area (Å²) >= 11 is 0. The number of halogens is 3. The second-order valence-electron chi connectivity index (χ2n) is 3.98. The third-order valence-electron chi connectivity index (χ3n) is 2.61. The summed E-state index contributed by atoms with van der Waals surface area (Å²) in [6.45, 7) is -0.455. The van der Waals surface area contributed by atoms with Crippen LogP contribution in [-0.4, -0.2) is 33.7 Å². The van der Waals surface area contributed by atoms with Crippen molar-refractivity contribution >= 4 is 21.6 Å². The lowest BCUT2D eigenvalue weighted by Crippen LogP contribution is -2.45. The molecule has 1 heterocycles. The van der Waals surface area contributed by atoms with Gasteiger partial charge in [0.25, 0.3) is 0 Å². The number of hydrogen-bond donors (Lipinski definition) is 1. The van der Waals surface area contributed by atoms with Crippen LogP contribution in [0.3, 0.4) is 0 Å². The van der Waals surface area contributed by atoms with Crippen molar-refractivity contribution in [2.24, 2.45) is 5.14 Å². The summed E-state index contributed by atoms with van der Waals surface area (Å²) in [5.74, 6) is -2.10. The number of rotatable bonds is 1. The zero-order chi connectivity index (χ0) is 15.1. The molecule has 0 radical (unpaired) electrons. The topological polar surface area (TPSA) is 89.7 Å². The Bertz CT molecular complexity index is 657. The molecule has 2 rings (SSSR count). The van der Waals surface area contributed by atoms with Gasteiger partial charge in [0.2, 0.25) is 10.0 Å². The average molecular weight is 310 g/mol. The molecule has 0 unspecified atom stereocenters. The Balaban J connectivity index is 2.52. The number of nitrogens with zero attached hydrogens (tertiary/aromatic N) is 1. The number of carbonyl (C=O) groups excluding carboxylic acids is 1. The minimum absolute atomic E-state index is 0.0127. The van der Waals surface area contributed by atoms with E-state index in [2.05, 4.69) is 0 Å². The van der Waals surface area contributed by atoms with Crippen molar-refractivity contribution in [1.82, 2.24) is 0 Å². The second-order valence-corrected chi connectivity index (χ2v) is 5.54. The van der Waals surface area contributed by atoms with Crippen molar-refractivity contribution in [3.63, 3.8) is 0 Å². The molecule has 0 aromatic heterocycles. The van der Waals surface area contributed by atoms with Gasteiger partial charge >= 0.3 is 12.1 Å². The fraction of sp³-hybridized carbons (Fsp3) is 0.300. The molecule has 20 heavy (non-hydrogen) atoms. The number of benzene rings is 1. The maximum Gasteiger partial charge on any atom is 0.471 e. The Morgan fingerprint density at radius 1 is 1.35 bits per heavy atom. The summed E-state index contributed by atoms with van der Waals surface area (Å²) in [5.41, 5.74) is -0.273. The normalized spacial score (nSPS) is 15.5. The van der Waals surface area contributed by atoms with Crippen LogP contribution in [0.1, 0.15) is 0 Å². The van der Waals surface area contributed by atoms with Crippen molar-refractivity contribution in [3.05, 3.63) is 18.2 Å². The number of carbonyl (C=O) groups is 1. The van der Waals surface area contributed by atoms with Crippen LogP contribution >= 0.6 is 0 Å². The first-order valence-electron chi connectivity index (χ1n) is 5.29. The molecule has 1 aliphatic rings. The Morgan fingerprint density at radius 3 is 2.55 bits per heavy atom. The van der Waals surface area contributed by atoms with Crippen LogP contribution in [0.15, 0.2) is 23.1 Å². The molecule has 1 aliphatic heterocycles. The van der Waals surface area contributed by atoms with Gasteiger partial charge in [-0.25, -0.2) is 13.6 Å². The first-order valence-corrected chi connectivity index (χ1v) is 6.83. The van der Waals surface area contributed by atoms with E-state index >= 15 is 0 Å². The highest BCUT2D eigenvalue weighted by Crippen LogP contribution is 2.35. The molecule has 1 aromatic carbocycles. The molecular weight excluding hydrogens is 301 g/mol. The molecule has 10 heteroatoms. The Hall–Kier alpha value is -1.81. The monoisotopic (exact) mass is 310 g/mol. The second kappa shape index (κ2) is 4.63. The molecule has 6 nitrogen and oxygen atoms in total. The van der Waals surface area contributed by atoms with E-state index < -0.39 is 27.0 Å². The van der Waals surface area contributed by atoms with E-state index in [0.29, 0.717) is 4.90 Å². The zero-order valence-corrected chi connectivity index (χ0v) is 10.7. The molecule has 0 fully saturated rings. The highest BCUT2D eigenvalue weighted by atomic mass is 32.2. The van der Waals surface area contributed by atoms with Crippen LogP contribution in [0.4, 0.5) is 18.9 Å². The lowest BCUT2D eigenvalue weighted by Gasteiger charge is -2.30. The van der Waals surface area contributed by atoms with Gasteiger partial charge in [-0.2, -0.15) is 13.2 Å². The van der Waals surface area contributed by atoms with E-state index in [4.69, 9.17) is 9.88 Å². The molecule has 0 aliphatic carbocycles. The first kappa shape index (κ1) is 14.6. The van der Waals surface area contributed by atoms with Gasteiger partial charge in [-0.1, -0.05) is 0 Å². The fourth-order valence-corrected chi connectivity index (χ4v) is 2.27. The summed E-state index contributed by atoms with van der Waals surface area (Å²) in [6.07, 6.45) is -5.06. The highest BCUT2D eigenvalue weighted by Gasteiger charge is 2.44. The Labute approximate surface area is 112 Å². The van der Waals surface area contributed by atoms with Crippen molar-refractivity contribution in [2.75, 3.05) is 18.1 Å². The van der Waals surface area contributed by atoms with Crippen LogP contribution in [-0.2, 0) is 14.8 Å². The lowest BCUT2D eigenvalue weighted by atomic mass is 10.2. The maximum absolute atomic E-state index is 12.5. The molecule has 0 spiro atoms. The minimum atomic E-state index is -5.06. The summed E-state index contributed by atoms with van der Waals surface area (Å²) in [7, 11) is -4.10. The molecule has 1 amide bonds. The molecule has 0 atom stereocenters. The number of fused-ring (bicyclic) bond motifs is 1. The van der Waals surface area contributed by atoms with Crippen LogP contribution in [0.25, 0.3) is 0 Å². The van der Waals surface area contributed by atoms with E-state index in [1.807, 2.05) is 0 Å². The van der Waals surface area contributed by atoms with E-state index in [0.717, 1.165) is 18.2 Å². The summed E-state index contributed by atoms with van der Waals surface area (Å²) in [4.78, 5) is 11.3. The van der Waals surface area contributed by atoms with Gasteiger partial charge < -0.3 is 4.74 Å². The largest absolute Gasteiger partial charge is 0.490 e. The maximum atomic E-state index is 12.5. The Morgan fingerprint density at radius 2 is 2.00 bits per heavy atom. The first-order chi connectivity index (χ1) is 9.10. The number of nitrogens with two attached hydrogens (primary N) is 1. The van der Waals surface area contributed by atoms with E-state index in [1.54, 1.807) is 0 Å². The highest BCUT2D eigenvalue weighted by molar-refractivity contribution is 7.89. The Kier molecular flexibility index (Phi) is 3.38. The van der Waals surface area contributed by atoms with Gasteiger partial charge in [0.05, 0.1) is 17.1 Å². The van der Waals surface area contributed by atoms with Crippen molar-refractivity contribution < 1.29 is 31.1 Å². The predicted molar refractivity (Wildman–Crippen MR) is 61.7 cm³/mol. The molecule has 1 aromatic rings. The lowest BCUT2D eigenvalue weighted by molar-refractivity contribution is -0.170. The van der Waals surface area contributed by atoms with Crippen LogP contribution in [0, 0.1) is 0 Å². The number of primary sulfonamides is 1. The number of hydrogen-bond acceptors (Lipinski definition) is 4. The standard InChI is InChI=1S/C10H9F3N2O4S/c11-10(12,13)9(16)15-3-4-19-8-2-1-6(5-7(8)15)20(14,17)18/h1-2,5H,3-4H2,(H2,14,17,18). The summed E-state index contributed by atoms with van der Waals surface area (Å²) < 4.78 is 65.0. The smallest absolute Gasteiger partial charge is 0.471 e. The van der Waals surface area contributed by atoms with E-state index in [1.165, 1.54) is 0 Å². The molecule has 2 N–H and O–H groups in total. The summed E-state index contributed by atoms with van der Waals surface area (Å²) in [5, 5.41) is 4.90. The molecule has 0 bridgehead atoms. The summed E-state index contributed by atoms with van der Waals surface area (Å²) in [6, 6.07) is 3.13. The SMILES string of the molecule is NS(=O)(=O)c1ccc2c(c1)N(C(=O)C(F)(F)F)CCO2. The van der Waals surface area contributed by atoms with Crippen molar-refractivity contribution in [2.45, 2.75) is 11.1 Å². The minimum Gasteiger partial charge on any atom is -0.490 e. The molecule has 0 saturated carbocycles. The van der Waals surface area contributed by atoms with Gasteiger partial charge in [-0.05, 0) is 18.2 Å². The molecule has 0 saturated heterocycles. The van der Waals surface area contributed by atoms with Gasteiger partial charge in [0.15, 0.2) is 0 Å². The van der Waals surface area contributed by atoms with Crippen LogP contribution in [0.2, 0.25) is 0 Å². The third kappa shape index (κ3) is 2.70. The van der Waals surface area contributed by atoms with Gasteiger partial charge in [0, 0.05) is 0 Å². The van der Waals surface area contributed by atoms with Gasteiger partial charge in [0.1, 0.15) is 12.4 Å². The number of amides is 1. The zero-order valence-electron chi connectivity index (χ0n) is 9.85. The average Bonchev–Trinajstić information content (AvgIpc) is 2.34. The fourth-order valence-electron chi connectivity index (χ4n) is 1.74. The van der Waals surface area contributed by atoms with Gasteiger partial charge in [-0.3, -0.25) is 9.69 Å². The predicted octanol–water partition coefficient (Wildman–Crippen LogP) is 0.622.